The van der Waals surface area contributed by atoms with E-state index in [1.165, 1.54) is 6.92 Å². The van der Waals surface area contributed by atoms with E-state index < -0.39 is 23.9 Å². The van der Waals surface area contributed by atoms with Gasteiger partial charge in [-0.1, -0.05) is 0 Å². The number of carbonyl (C=O) groups is 6. The van der Waals surface area contributed by atoms with Gasteiger partial charge in [0.15, 0.2) is 5.78 Å². The average Bonchev–Trinajstić information content (AvgIpc) is 2.93. The van der Waals surface area contributed by atoms with Gasteiger partial charge in [-0.2, -0.15) is 0 Å². The van der Waals surface area contributed by atoms with Crippen LogP contribution in [-0.2, 0) is 47.7 Å². The van der Waals surface area contributed by atoms with E-state index in [2.05, 4.69) is 10.6 Å². The number of ketones is 2. The molecule has 0 unspecified atom stereocenters. The molecule has 15 heteroatoms. The van der Waals surface area contributed by atoms with E-state index in [0.29, 0.717) is 45.3 Å². The van der Waals surface area contributed by atoms with Gasteiger partial charge in [0, 0.05) is 39.0 Å². The Morgan fingerprint density at radius 1 is 0.667 bits per heavy atom. The van der Waals surface area contributed by atoms with Gasteiger partial charge in [0.1, 0.15) is 25.0 Å². The minimum absolute atomic E-state index is 0.00468. The molecule has 2 amide bonds. The van der Waals surface area contributed by atoms with Crippen molar-refractivity contribution >= 4 is 35.3 Å². The zero-order chi connectivity index (χ0) is 31.6. The Bertz CT molecular complexity index is 824. The van der Waals surface area contributed by atoms with Crippen molar-refractivity contribution in [2.24, 2.45) is 11.7 Å². The van der Waals surface area contributed by atoms with Crippen LogP contribution in [0.1, 0.15) is 58.3 Å². The third-order valence-electron chi connectivity index (χ3n) is 5.74. The SMILES string of the molecule is CC(=O)C[C@@H](CCC(=O)NCCOCCOCC(=O)CCCOCCOCC(=O)NCCCC[C@H](N)C(=O)O)C(=O)O. The molecule has 15 nitrogen and oxygen atoms in total. The predicted octanol–water partition coefficient (Wildman–Crippen LogP) is -0.323. The molecular weight excluding hydrogens is 558 g/mol. The fourth-order valence-corrected chi connectivity index (χ4v) is 3.44. The number of ether oxygens (including phenoxy) is 4. The lowest BCUT2D eigenvalue weighted by molar-refractivity contribution is -0.144. The van der Waals surface area contributed by atoms with E-state index in [1.54, 1.807) is 0 Å². The second-order valence-electron chi connectivity index (χ2n) is 9.59. The molecule has 0 bridgehead atoms. The zero-order valence-electron chi connectivity index (χ0n) is 24.4. The molecule has 0 aromatic carbocycles. The molecular formula is C27H47N3O12. The normalized spacial score (nSPS) is 12.3. The Morgan fingerprint density at radius 3 is 1.93 bits per heavy atom. The first-order chi connectivity index (χ1) is 20.0. The molecule has 0 aliphatic carbocycles. The Hall–Kier alpha value is -2.98. The number of unbranched alkanes of at least 4 members (excludes halogenated alkanes) is 1. The summed E-state index contributed by atoms with van der Waals surface area (Å²) < 4.78 is 21.2. The van der Waals surface area contributed by atoms with Crippen molar-refractivity contribution in [1.29, 1.82) is 0 Å². The molecule has 0 saturated carbocycles. The lowest BCUT2D eigenvalue weighted by atomic mass is 9.97. The molecule has 0 heterocycles. The van der Waals surface area contributed by atoms with Crippen molar-refractivity contribution in [2.45, 2.75) is 64.3 Å². The molecule has 0 aliphatic rings. The van der Waals surface area contributed by atoms with Crippen LogP contribution in [-0.4, -0.2) is 118 Å². The molecule has 0 aromatic heterocycles. The van der Waals surface area contributed by atoms with Crippen LogP contribution in [0.3, 0.4) is 0 Å². The first-order valence-electron chi connectivity index (χ1n) is 14.1. The quantitative estimate of drug-likeness (QED) is 0.0689. The number of carboxylic acid groups (broad SMARTS) is 2. The summed E-state index contributed by atoms with van der Waals surface area (Å²) in [6.45, 7) is 3.39. The number of aliphatic carboxylic acids is 2. The minimum atomic E-state index is -1.09. The van der Waals surface area contributed by atoms with Crippen LogP contribution in [0.15, 0.2) is 0 Å². The monoisotopic (exact) mass is 605 g/mol. The van der Waals surface area contributed by atoms with Crippen LogP contribution < -0.4 is 16.4 Å². The first kappa shape index (κ1) is 39.0. The fourth-order valence-electron chi connectivity index (χ4n) is 3.44. The summed E-state index contributed by atoms with van der Waals surface area (Å²) in [7, 11) is 0. The maximum absolute atomic E-state index is 11.8. The highest BCUT2D eigenvalue weighted by atomic mass is 16.5. The van der Waals surface area contributed by atoms with E-state index in [-0.39, 0.29) is 95.4 Å². The van der Waals surface area contributed by atoms with E-state index in [1.807, 2.05) is 0 Å². The molecule has 6 N–H and O–H groups in total. The fraction of sp³-hybridized carbons (Fsp3) is 0.778. The Kier molecular flexibility index (Phi) is 23.9. The van der Waals surface area contributed by atoms with Gasteiger partial charge >= 0.3 is 11.9 Å². The summed E-state index contributed by atoms with van der Waals surface area (Å²) >= 11 is 0. The Balaban J connectivity index is 3.51. The van der Waals surface area contributed by atoms with Crippen molar-refractivity contribution in [3.63, 3.8) is 0 Å². The number of hydrogen-bond donors (Lipinski definition) is 5. The average molecular weight is 606 g/mol. The van der Waals surface area contributed by atoms with E-state index in [0.717, 1.165) is 0 Å². The minimum Gasteiger partial charge on any atom is -0.481 e. The first-order valence-corrected chi connectivity index (χ1v) is 14.1. The second kappa shape index (κ2) is 25.7. The van der Waals surface area contributed by atoms with Gasteiger partial charge < -0.3 is 50.3 Å². The summed E-state index contributed by atoms with van der Waals surface area (Å²) in [4.78, 5) is 68.1. The van der Waals surface area contributed by atoms with Crippen molar-refractivity contribution in [1.82, 2.24) is 10.6 Å². The van der Waals surface area contributed by atoms with Crippen molar-refractivity contribution in [3.05, 3.63) is 0 Å². The summed E-state index contributed by atoms with van der Waals surface area (Å²) in [5.74, 6) is -3.90. The third-order valence-corrected chi connectivity index (χ3v) is 5.74. The number of nitrogens with one attached hydrogen (secondary N) is 2. The number of carbonyl (C=O) groups excluding carboxylic acids is 4. The largest absolute Gasteiger partial charge is 0.481 e. The number of hydrogen-bond acceptors (Lipinski definition) is 11. The number of amides is 2. The molecule has 0 aromatic rings. The van der Waals surface area contributed by atoms with Gasteiger partial charge in [0.25, 0.3) is 0 Å². The molecule has 0 spiro atoms. The van der Waals surface area contributed by atoms with E-state index in [4.69, 9.17) is 34.9 Å². The summed E-state index contributed by atoms with van der Waals surface area (Å²) in [6, 6.07) is -0.885. The van der Waals surface area contributed by atoms with E-state index in [9.17, 15) is 28.8 Å². The van der Waals surface area contributed by atoms with Gasteiger partial charge in [-0.15, -0.1) is 0 Å². The van der Waals surface area contributed by atoms with Crippen LogP contribution in [0.2, 0.25) is 0 Å². The number of rotatable bonds is 29. The van der Waals surface area contributed by atoms with Crippen LogP contribution in [0, 0.1) is 5.92 Å². The maximum atomic E-state index is 11.8. The maximum Gasteiger partial charge on any atom is 0.320 e. The summed E-state index contributed by atoms with van der Waals surface area (Å²) in [6.07, 6.45) is 2.38. The highest BCUT2D eigenvalue weighted by Gasteiger charge is 2.20. The van der Waals surface area contributed by atoms with Crippen molar-refractivity contribution < 1.29 is 57.9 Å². The van der Waals surface area contributed by atoms with Gasteiger partial charge in [-0.3, -0.25) is 24.0 Å². The second-order valence-corrected chi connectivity index (χ2v) is 9.59. The van der Waals surface area contributed by atoms with Crippen LogP contribution in [0.25, 0.3) is 0 Å². The predicted molar refractivity (Wildman–Crippen MR) is 149 cm³/mol. The van der Waals surface area contributed by atoms with Crippen LogP contribution in [0.5, 0.6) is 0 Å². The van der Waals surface area contributed by atoms with Gasteiger partial charge in [0.2, 0.25) is 11.8 Å². The smallest absolute Gasteiger partial charge is 0.320 e. The Morgan fingerprint density at radius 2 is 1.29 bits per heavy atom. The lowest BCUT2D eigenvalue weighted by Crippen LogP contribution is -2.31. The zero-order valence-corrected chi connectivity index (χ0v) is 24.4. The van der Waals surface area contributed by atoms with Crippen molar-refractivity contribution in [2.75, 3.05) is 65.9 Å². The number of carboxylic acids is 2. The van der Waals surface area contributed by atoms with Gasteiger partial charge in [-0.05, 0) is 39.0 Å². The molecule has 2 atom stereocenters. The molecule has 0 fully saturated rings. The number of Topliss-reactive ketones (excluding diaryl/α,β-unsaturated/α-hetero) is 2. The van der Waals surface area contributed by atoms with Gasteiger partial charge in [-0.25, -0.2) is 0 Å². The van der Waals surface area contributed by atoms with Crippen LogP contribution >= 0.6 is 0 Å². The topological polar surface area (TPSA) is 230 Å². The Labute approximate surface area is 246 Å². The third kappa shape index (κ3) is 24.8. The van der Waals surface area contributed by atoms with Gasteiger partial charge in [0.05, 0.1) is 39.0 Å². The van der Waals surface area contributed by atoms with E-state index >= 15 is 0 Å². The number of nitrogens with two attached hydrogens (primary N) is 1. The molecule has 242 valence electrons. The molecule has 0 saturated heterocycles. The highest BCUT2D eigenvalue weighted by molar-refractivity contribution is 5.83. The molecule has 0 aliphatic heterocycles. The summed E-state index contributed by atoms with van der Waals surface area (Å²) in [5.41, 5.74) is 5.40. The molecule has 42 heavy (non-hydrogen) atoms. The van der Waals surface area contributed by atoms with Crippen molar-refractivity contribution in [3.8, 4) is 0 Å². The van der Waals surface area contributed by atoms with Crippen LogP contribution in [0.4, 0.5) is 0 Å². The molecule has 0 radical (unpaired) electrons. The molecule has 0 rings (SSSR count). The highest BCUT2D eigenvalue weighted by Crippen LogP contribution is 2.12. The summed E-state index contributed by atoms with van der Waals surface area (Å²) in [5, 5.41) is 23.0. The lowest BCUT2D eigenvalue weighted by Gasteiger charge is -2.11. The standard InChI is InChI=1S/C27H47N3O12/c1-20(31)17-21(26(35)36)7-8-24(33)30-10-12-40-14-15-41-18-22(32)5-4-11-39-13-16-42-19-25(34)29-9-3-2-6-23(28)27(37)38/h21,23H,2-19,28H2,1H3,(H,29,34)(H,30,33)(H,35,36)(H,37,38)/t21-,23+/m1/s1.